The third kappa shape index (κ3) is 5.76. The quantitative estimate of drug-likeness (QED) is 0.287. The molecule has 0 aliphatic carbocycles. The fourth-order valence-electron chi connectivity index (χ4n) is 4.33. The van der Waals surface area contributed by atoms with Gasteiger partial charge >= 0.3 is 0 Å². The van der Waals surface area contributed by atoms with E-state index in [0.717, 1.165) is 22.3 Å². The summed E-state index contributed by atoms with van der Waals surface area (Å²) in [5, 5.41) is 19.6. The number of ether oxygens (including phenoxy) is 4. The van der Waals surface area contributed by atoms with Gasteiger partial charge in [-0.15, -0.1) is 0 Å². The first kappa shape index (κ1) is 25.9. The molecular formula is C31H24ClN3O4. The van der Waals surface area contributed by atoms with E-state index in [1.807, 2.05) is 48.5 Å². The zero-order valence-electron chi connectivity index (χ0n) is 20.9. The number of hydrogen-bond donors (Lipinski definition) is 1. The van der Waals surface area contributed by atoms with Crippen molar-refractivity contribution in [3.63, 3.8) is 0 Å². The monoisotopic (exact) mass is 537 g/mol. The van der Waals surface area contributed by atoms with Crippen LogP contribution in [0.3, 0.4) is 0 Å². The van der Waals surface area contributed by atoms with Crippen LogP contribution in [-0.4, -0.2) is 13.2 Å². The van der Waals surface area contributed by atoms with Gasteiger partial charge in [0.1, 0.15) is 44.0 Å². The molecule has 0 amide bonds. The summed E-state index contributed by atoms with van der Waals surface area (Å²) in [5.74, 6) is 2.28. The summed E-state index contributed by atoms with van der Waals surface area (Å²) in [7, 11) is 0. The maximum atomic E-state index is 10.0. The van der Waals surface area contributed by atoms with Gasteiger partial charge in [-0.25, -0.2) is 0 Å². The number of nitrogens with two attached hydrogens (primary N) is 1. The molecule has 4 aromatic carbocycles. The lowest BCUT2D eigenvalue weighted by Gasteiger charge is -2.19. The highest BCUT2D eigenvalue weighted by atomic mass is 35.5. The summed E-state index contributed by atoms with van der Waals surface area (Å²) in [6.07, 6.45) is 0. The molecule has 0 atom stereocenters. The molecule has 1 aliphatic rings. The minimum atomic E-state index is 0.118. The summed E-state index contributed by atoms with van der Waals surface area (Å²) >= 11 is 6.51. The fraction of sp³-hybridized carbons (Fsp3) is 0.161. The first-order chi connectivity index (χ1) is 19.1. The smallest absolute Gasteiger partial charge is 0.161 e. The first-order valence-corrected chi connectivity index (χ1v) is 12.7. The van der Waals surface area contributed by atoms with E-state index in [1.165, 1.54) is 0 Å². The van der Waals surface area contributed by atoms with Crippen LogP contribution < -0.4 is 24.7 Å². The Morgan fingerprint density at radius 2 is 1.59 bits per heavy atom. The van der Waals surface area contributed by atoms with Gasteiger partial charge in [0, 0.05) is 23.7 Å². The third-order valence-corrected chi connectivity index (χ3v) is 6.58. The van der Waals surface area contributed by atoms with Crippen molar-refractivity contribution in [2.24, 2.45) is 5.73 Å². The largest absolute Gasteiger partial charge is 0.488 e. The summed E-state index contributed by atoms with van der Waals surface area (Å²) < 4.78 is 23.4. The Bertz CT molecular complexity index is 1610. The maximum Gasteiger partial charge on any atom is 0.161 e. The second-order valence-corrected chi connectivity index (χ2v) is 9.20. The van der Waals surface area contributed by atoms with Crippen LogP contribution in [0.1, 0.15) is 27.8 Å². The van der Waals surface area contributed by atoms with Gasteiger partial charge in [0.2, 0.25) is 0 Å². The number of rotatable bonds is 8. The molecule has 1 aliphatic heterocycles. The van der Waals surface area contributed by atoms with Crippen LogP contribution in [0.5, 0.6) is 23.0 Å². The van der Waals surface area contributed by atoms with Crippen molar-refractivity contribution in [1.82, 2.24) is 0 Å². The molecule has 0 aromatic heterocycles. The van der Waals surface area contributed by atoms with Crippen LogP contribution >= 0.6 is 11.6 Å². The molecule has 0 saturated carbocycles. The number of fused-ring (bicyclic) bond motifs is 1. The minimum absolute atomic E-state index is 0.118. The average molecular weight is 538 g/mol. The summed E-state index contributed by atoms with van der Waals surface area (Å²) in [6, 6.07) is 26.3. The molecule has 1 heterocycles. The molecule has 2 N–H and O–H groups in total. The topological polar surface area (TPSA) is 111 Å². The van der Waals surface area contributed by atoms with E-state index in [1.54, 1.807) is 24.3 Å². The molecule has 0 saturated heterocycles. The van der Waals surface area contributed by atoms with Crippen molar-refractivity contribution in [3.05, 3.63) is 106 Å². The van der Waals surface area contributed by atoms with E-state index < -0.39 is 0 Å². The van der Waals surface area contributed by atoms with Crippen molar-refractivity contribution in [2.75, 3.05) is 13.2 Å². The fourth-order valence-corrected chi connectivity index (χ4v) is 4.57. The Morgan fingerprint density at radius 3 is 2.38 bits per heavy atom. The van der Waals surface area contributed by atoms with Gasteiger partial charge in [0.05, 0.1) is 22.2 Å². The highest BCUT2D eigenvalue weighted by molar-refractivity contribution is 6.32. The van der Waals surface area contributed by atoms with Gasteiger partial charge in [-0.1, -0.05) is 48.0 Å². The Morgan fingerprint density at radius 1 is 0.795 bits per heavy atom. The lowest BCUT2D eigenvalue weighted by atomic mass is 9.96. The van der Waals surface area contributed by atoms with E-state index in [2.05, 4.69) is 12.1 Å². The zero-order valence-corrected chi connectivity index (χ0v) is 21.7. The Labute approximate surface area is 231 Å². The van der Waals surface area contributed by atoms with Crippen LogP contribution in [-0.2, 0) is 19.8 Å². The minimum Gasteiger partial charge on any atom is -0.488 e. The summed E-state index contributed by atoms with van der Waals surface area (Å²) in [6.45, 7) is 1.59. The van der Waals surface area contributed by atoms with Crippen LogP contribution in [0.4, 0.5) is 0 Å². The molecule has 8 heteroatoms. The predicted molar refractivity (Wildman–Crippen MR) is 147 cm³/mol. The molecule has 0 fully saturated rings. The van der Waals surface area contributed by atoms with Crippen molar-refractivity contribution in [3.8, 4) is 46.3 Å². The standard InChI is InChI=1S/C31H24ClN3O4/c32-27-12-24(16-34)29(38-18-21-4-1-3-20(11-21)15-33)14-30(27)39-19-23-5-2-6-25(26(23)17-35)22-7-8-28-31(13-22)37-10-9-36-28/h1-8,11-14H,9-10,16,18-19,34H2. The first-order valence-electron chi connectivity index (χ1n) is 12.3. The van der Waals surface area contributed by atoms with E-state index in [-0.39, 0.29) is 19.8 Å². The van der Waals surface area contributed by atoms with Gasteiger partial charge in [0.25, 0.3) is 0 Å². The van der Waals surface area contributed by atoms with Crippen molar-refractivity contribution < 1.29 is 18.9 Å². The van der Waals surface area contributed by atoms with Gasteiger partial charge in [0.15, 0.2) is 11.5 Å². The lowest BCUT2D eigenvalue weighted by Crippen LogP contribution is -2.15. The number of benzene rings is 4. The van der Waals surface area contributed by atoms with Gasteiger partial charge < -0.3 is 24.7 Å². The Balaban J connectivity index is 1.37. The van der Waals surface area contributed by atoms with Gasteiger partial charge in [-0.05, 0) is 47.0 Å². The van der Waals surface area contributed by atoms with E-state index >= 15 is 0 Å². The van der Waals surface area contributed by atoms with Crippen LogP contribution in [0, 0.1) is 22.7 Å². The SMILES string of the molecule is N#Cc1cccc(COc2cc(OCc3cccc(-c4ccc5c(c4)OCCO5)c3C#N)c(Cl)cc2CN)c1. The Kier molecular flexibility index (Phi) is 7.84. The van der Waals surface area contributed by atoms with Crippen LogP contribution in [0.25, 0.3) is 11.1 Å². The number of hydrogen-bond acceptors (Lipinski definition) is 7. The van der Waals surface area contributed by atoms with E-state index in [9.17, 15) is 5.26 Å². The number of nitrogens with zero attached hydrogens (tertiary/aromatic N) is 2. The predicted octanol–water partition coefficient (Wildman–Crippen LogP) is 6.14. The Hall–Kier alpha value is -4.69. The molecular weight excluding hydrogens is 514 g/mol. The maximum absolute atomic E-state index is 10.0. The van der Waals surface area contributed by atoms with Crippen LogP contribution in [0.2, 0.25) is 5.02 Å². The molecule has 7 nitrogen and oxygen atoms in total. The van der Waals surface area contributed by atoms with Crippen molar-refractivity contribution >= 4 is 11.6 Å². The highest BCUT2D eigenvalue weighted by Gasteiger charge is 2.17. The third-order valence-electron chi connectivity index (χ3n) is 6.28. The summed E-state index contributed by atoms with van der Waals surface area (Å²) in [4.78, 5) is 0. The molecule has 5 rings (SSSR count). The second kappa shape index (κ2) is 11.8. The average Bonchev–Trinajstić information content (AvgIpc) is 2.99. The molecule has 0 radical (unpaired) electrons. The molecule has 0 spiro atoms. The molecule has 0 bridgehead atoms. The second-order valence-electron chi connectivity index (χ2n) is 8.79. The molecule has 39 heavy (non-hydrogen) atoms. The van der Waals surface area contributed by atoms with Gasteiger partial charge in [-0.3, -0.25) is 0 Å². The molecule has 4 aromatic rings. The van der Waals surface area contributed by atoms with E-state index in [0.29, 0.717) is 57.9 Å². The zero-order chi connectivity index (χ0) is 27.2. The highest BCUT2D eigenvalue weighted by Crippen LogP contribution is 2.37. The van der Waals surface area contributed by atoms with E-state index in [4.69, 9.17) is 41.5 Å². The van der Waals surface area contributed by atoms with Gasteiger partial charge in [-0.2, -0.15) is 10.5 Å². The van der Waals surface area contributed by atoms with Crippen molar-refractivity contribution in [2.45, 2.75) is 19.8 Å². The summed E-state index contributed by atoms with van der Waals surface area (Å²) in [5.41, 5.74) is 10.9. The number of halogens is 1. The molecule has 0 unspecified atom stereocenters. The normalized spacial score (nSPS) is 11.8. The van der Waals surface area contributed by atoms with Crippen molar-refractivity contribution in [1.29, 1.82) is 10.5 Å². The van der Waals surface area contributed by atoms with Crippen LogP contribution in [0.15, 0.2) is 72.8 Å². The number of nitriles is 2. The molecule has 194 valence electrons. The lowest BCUT2D eigenvalue weighted by molar-refractivity contribution is 0.171.